The molecule has 1 atom stereocenters. The molecule has 140 valence electrons. The van der Waals surface area contributed by atoms with Crippen molar-refractivity contribution in [2.24, 2.45) is 0 Å². The topological polar surface area (TPSA) is 55.7 Å². The number of carbonyl (C=O) groups is 1. The van der Waals surface area contributed by atoms with Crippen LogP contribution in [0.15, 0.2) is 36.4 Å². The van der Waals surface area contributed by atoms with Crippen molar-refractivity contribution < 1.29 is 14.4 Å². The molecule has 5 nitrogen and oxygen atoms in total. The van der Waals surface area contributed by atoms with Gasteiger partial charge in [-0.15, -0.1) is 0 Å². The van der Waals surface area contributed by atoms with Gasteiger partial charge in [-0.3, -0.25) is 10.1 Å². The SMILES string of the molecule is CCC[NH+]1CCc2nc(NC(=O)c3cc4ccccc4cc3OC)sc2C1. The number of fused-ring (bicyclic) bond motifs is 2. The van der Waals surface area contributed by atoms with Gasteiger partial charge in [-0.05, 0) is 29.3 Å². The fraction of sp³-hybridized carbons (Fsp3) is 0.333. The Balaban J connectivity index is 1.57. The van der Waals surface area contributed by atoms with Crippen LogP contribution in [0.1, 0.15) is 34.3 Å². The number of methoxy groups -OCH3 is 1. The van der Waals surface area contributed by atoms with E-state index in [1.54, 1.807) is 23.3 Å². The average Bonchev–Trinajstić information content (AvgIpc) is 3.08. The number of rotatable bonds is 5. The molecule has 1 unspecified atom stereocenters. The lowest BCUT2D eigenvalue weighted by atomic mass is 10.1. The smallest absolute Gasteiger partial charge is 0.261 e. The number of hydrogen-bond acceptors (Lipinski definition) is 4. The summed E-state index contributed by atoms with van der Waals surface area (Å²) in [6.07, 6.45) is 2.17. The van der Waals surface area contributed by atoms with Crippen molar-refractivity contribution in [2.75, 3.05) is 25.5 Å². The molecule has 0 bridgehead atoms. The van der Waals surface area contributed by atoms with E-state index in [0.29, 0.717) is 16.4 Å². The molecule has 0 saturated carbocycles. The second-order valence-electron chi connectivity index (χ2n) is 6.92. The third-order valence-corrected chi connectivity index (χ3v) is 6.05. The molecule has 1 amide bonds. The van der Waals surface area contributed by atoms with Crippen molar-refractivity contribution in [3.05, 3.63) is 52.5 Å². The van der Waals surface area contributed by atoms with Crippen LogP contribution in [0.4, 0.5) is 5.13 Å². The van der Waals surface area contributed by atoms with Crippen molar-refractivity contribution in [3.8, 4) is 5.75 Å². The largest absolute Gasteiger partial charge is 0.496 e. The van der Waals surface area contributed by atoms with Crippen LogP contribution in [0.3, 0.4) is 0 Å². The van der Waals surface area contributed by atoms with E-state index in [2.05, 4.69) is 17.2 Å². The van der Waals surface area contributed by atoms with Gasteiger partial charge in [0.15, 0.2) is 5.13 Å². The fourth-order valence-electron chi connectivity index (χ4n) is 3.68. The molecular formula is C21H24N3O2S+. The third kappa shape index (κ3) is 3.68. The van der Waals surface area contributed by atoms with Gasteiger partial charge in [0.25, 0.3) is 5.91 Å². The van der Waals surface area contributed by atoms with Crippen molar-refractivity contribution in [3.63, 3.8) is 0 Å². The number of hydrogen-bond donors (Lipinski definition) is 2. The Hall–Kier alpha value is -2.44. The highest BCUT2D eigenvalue weighted by Gasteiger charge is 2.24. The molecule has 0 aliphatic carbocycles. The van der Waals surface area contributed by atoms with E-state index in [1.165, 1.54) is 17.8 Å². The molecule has 2 N–H and O–H groups in total. The number of nitrogens with zero attached hydrogens (tertiary/aromatic N) is 1. The molecule has 0 spiro atoms. The lowest BCUT2D eigenvalue weighted by Gasteiger charge is -2.22. The molecule has 0 radical (unpaired) electrons. The number of amides is 1. The Morgan fingerprint density at radius 3 is 2.81 bits per heavy atom. The van der Waals surface area contributed by atoms with Gasteiger partial charge in [-0.1, -0.05) is 42.5 Å². The second-order valence-corrected chi connectivity index (χ2v) is 8.00. The summed E-state index contributed by atoms with van der Waals surface area (Å²) in [6, 6.07) is 11.7. The molecule has 0 saturated heterocycles. The lowest BCUT2D eigenvalue weighted by molar-refractivity contribution is -0.915. The molecule has 1 aromatic heterocycles. The van der Waals surface area contributed by atoms with Crippen LogP contribution in [0, 0.1) is 0 Å². The summed E-state index contributed by atoms with van der Waals surface area (Å²) in [4.78, 5) is 20.4. The van der Waals surface area contributed by atoms with Crippen LogP contribution in [-0.2, 0) is 13.0 Å². The molecule has 4 rings (SSSR count). The molecule has 1 aliphatic rings. The summed E-state index contributed by atoms with van der Waals surface area (Å²) >= 11 is 1.60. The molecular weight excluding hydrogens is 358 g/mol. The van der Waals surface area contributed by atoms with Crippen molar-refractivity contribution in [1.29, 1.82) is 0 Å². The normalized spacial score (nSPS) is 16.1. The van der Waals surface area contributed by atoms with Crippen molar-refractivity contribution >= 4 is 33.1 Å². The predicted molar refractivity (Wildman–Crippen MR) is 109 cm³/mol. The first-order valence-electron chi connectivity index (χ1n) is 9.38. The van der Waals surface area contributed by atoms with Crippen molar-refractivity contribution in [1.82, 2.24) is 4.98 Å². The van der Waals surface area contributed by atoms with Crippen LogP contribution in [0.25, 0.3) is 10.8 Å². The van der Waals surface area contributed by atoms with E-state index < -0.39 is 0 Å². The molecule has 27 heavy (non-hydrogen) atoms. The maximum absolute atomic E-state index is 12.9. The minimum absolute atomic E-state index is 0.179. The minimum atomic E-state index is -0.179. The van der Waals surface area contributed by atoms with E-state index in [4.69, 9.17) is 4.74 Å². The fourth-order valence-corrected chi connectivity index (χ4v) is 4.75. The highest BCUT2D eigenvalue weighted by molar-refractivity contribution is 7.15. The predicted octanol–water partition coefficient (Wildman–Crippen LogP) is 2.91. The van der Waals surface area contributed by atoms with E-state index in [9.17, 15) is 4.79 Å². The van der Waals surface area contributed by atoms with Gasteiger partial charge in [-0.25, -0.2) is 4.98 Å². The number of quaternary nitrogens is 1. The first kappa shape index (κ1) is 17.9. The summed E-state index contributed by atoms with van der Waals surface area (Å²) in [7, 11) is 1.59. The number of ether oxygens (including phenoxy) is 1. The first-order chi connectivity index (χ1) is 13.2. The Morgan fingerprint density at radius 1 is 1.30 bits per heavy atom. The van der Waals surface area contributed by atoms with Gasteiger partial charge in [0.2, 0.25) is 0 Å². The number of thiazole rings is 1. The standard InChI is InChI=1S/C21H23N3O2S/c1-3-9-24-10-8-17-19(13-24)27-21(22-17)23-20(25)16-11-14-6-4-5-7-15(14)12-18(16)26-2/h4-7,11-12H,3,8-10,13H2,1-2H3,(H,22,23,25)/p+1. The summed E-state index contributed by atoms with van der Waals surface area (Å²) in [5, 5.41) is 5.72. The quantitative estimate of drug-likeness (QED) is 0.713. The van der Waals surface area contributed by atoms with Gasteiger partial charge in [-0.2, -0.15) is 0 Å². The molecule has 0 fully saturated rings. The second kappa shape index (κ2) is 7.66. The number of nitrogens with one attached hydrogen (secondary N) is 2. The van der Waals surface area contributed by atoms with Gasteiger partial charge in [0, 0.05) is 6.42 Å². The van der Waals surface area contributed by atoms with Crippen LogP contribution in [-0.4, -0.2) is 31.1 Å². The Morgan fingerprint density at radius 2 is 2.07 bits per heavy atom. The Bertz CT molecular complexity index is 983. The molecule has 1 aliphatic heterocycles. The monoisotopic (exact) mass is 382 g/mol. The van der Waals surface area contributed by atoms with Gasteiger partial charge in [0.05, 0.1) is 36.3 Å². The molecule has 2 heterocycles. The summed E-state index contributed by atoms with van der Waals surface area (Å²) < 4.78 is 5.45. The summed E-state index contributed by atoms with van der Waals surface area (Å²) in [5.41, 5.74) is 1.67. The third-order valence-electron chi connectivity index (χ3n) is 5.04. The van der Waals surface area contributed by atoms with E-state index in [1.807, 2.05) is 36.4 Å². The maximum atomic E-state index is 12.9. The molecule has 2 aromatic carbocycles. The molecule has 6 heteroatoms. The zero-order valence-electron chi connectivity index (χ0n) is 15.7. The molecule has 3 aromatic rings. The first-order valence-corrected chi connectivity index (χ1v) is 10.2. The summed E-state index contributed by atoms with van der Waals surface area (Å²) in [5.74, 6) is 0.396. The lowest BCUT2D eigenvalue weighted by Crippen LogP contribution is -3.11. The Labute approximate surface area is 163 Å². The number of anilines is 1. The van der Waals surface area contributed by atoms with E-state index in [0.717, 1.165) is 36.0 Å². The van der Waals surface area contributed by atoms with Crippen LogP contribution in [0.2, 0.25) is 0 Å². The minimum Gasteiger partial charge on any atom is -0.496 e. The zero-order valence-corrected chi connectivity index (χ0v) is 16.5. The maximum Gasteiger partial charge on any atom is 0.261 e. The number of benzene rings is 2. The van der Waals surface area contributed by atoms with Gasteiger partial charge in [0.1, 0.15) is 12.3 Å². The van der Waals surface area contributed by atoms with Crippen LogP contribution >= 0.6 is 11.3 Å². The summed E-state index contributed by atoms with van der Waals surface area (Å²) in [6.45, 7) is 5.54. The van der Waals surface area contributed by atoms with E-state index >= 15 is 0 Å². The highest BCUT2D eigenvalue weighted by Crippen LogP contribution is 2.29. The highest BCUT2D eigenvalue weighted by atomic mass is 32.1. The van der Waals surface area contributed by atoms with Gasteiger partial charge >= 0.3 is 0 Å². The number of carbonyl (C=O) groups excluding carboxylic acids is 1. The Kier molecular flexibility index (Phi) is 5.09. The van der Waals surface area contributed by atoms with Crippen LogP contribution < -0.4 is 15.0 Å². The van der Waals surface area contributed by atoms with E-state index in [-0.39, 0.29) is 5.91 Å². The van der Waals surface area contributed by atoms with Crippen LogP contribution in [0.5, 0.6) is 5.75 Å². The van der Waals surface area contributed by atoms with Gasteiger partial charge < -0.3 is 9.64 Å². The van der Waals surface area contributed by atoms with Crippen molar-refractivity contribution in [2.45, 2.75) is 26.3 Å². The average molecular weight is 383 g/mol. The number of aromatic nitrogens is 1. The zero-order chi connectivity index (χ0) is 18.8.